The molecule has 2 atom stereocenters. The predicted octanol–water partition coefficient (Wildman–Crippen LogP) is 4.46. The first-order chi connectivity index (χ1) is 9.56. The summed E-state index contributed by atoms with van der Waals surface area (Å²) in [5, 5.41) is 3.23. The molecule has 1 N–H and O–H groups in total. The largest absolute Gasteiger partial charge is 0.349 e. The van der Waals surface area contributed by atoms with Crippen molar-refractivity contribution in [2.45, 2.75) is 39.5 Å². The van der Waals surface area contributed by atoms with Gasteiger partial charge in [-0.1, -0.05) is 44.3 Å². The van der Waals surface area contributed by atoms with Gasteiger partial charge >= 0.3 is 0 Å². The van der Waals surface area contributed by atoms with E-state index in [9.17, 15) is 4.79 Å². The van der Waals surface area contributed by atoms with E-state index in [-0.39, 0.29) is 5.92 Å². The van der Waals surface area contributed by atoms with Crippen LogP contribution in [0.4, 0.5) is 5.69 Å². The highest BCUT2D eigenvalue weighted by atomic mass is 32.1. The van der Waals surface area contributed by atoms with Crippen LogP contribution in [-0.2, 0) is 4.79 Å². The first-order valence-corrected chi connectivity index (χ1v) is 7.85. The summed E-state index contributed by atoms with van der Waals surface area (Å²) >= 11 is 5.47. The monoisotopic (exact) mass is 289 g/mol. The number of thiocarbonyl (C=S) groups is 1. The third-order valence-electron chi connectivity index (χ3n) is 3.92. The second kappa shape index (κ2) is 6.98. The van der Waals surface area contributed by atoms with Crippen LogP contribution >= 0.6 is 12.2 Å². The molecule has 1 aromatic carbocycles. The van der Waals surface area contributed by atoms with E-state index in [0.29, 0.717) is 29.0 Å². The smallest absolute Gasteiger partial charge is 0.142 e. The van der Waals surface area contributed by atoms with Crippen LogP contribution in [0.15, 0.2) is 30.3 Å². The van der Waals surface area contributed by atoms with Gasteiger partial charge in [-0.25, -0.2) is 0 Å². The quantitative estimate of drug-likeness (QED) is 0.830. The van der Waals surface area contributed by atoms with Gasteiger partial charge in [0.25, 0.3) is 0 Å². The molecule has 2 unspecified atom stereocenters. The topological polar surface area (TPSA) is 29.1 Å². The van der Waals surface area contributed by atoms with Crippen LogP contribution in [0.2, 0.25) is 0 Å². The summed E-state index contributed by atoms with van der Waals surface area (Å²) in [6, 6.07) is 9.86. The van der Waals surface area contributed by atoms with Gasteiger partial charge in [-0.15, -0.1) is 0 Å². The van der Waals surface area contributed by atoms with Gasteiger partial charge in [0.05, 0.1) is 10.9 Å². The fourth-order valence-electron chi connectivity index (χ4n) is 2.99. The van der Waals surface area contributed by atoms with Gasteiger partial charge in [-0.3, -0.25) is 4.79 Å². The number of Topliss-reactive ketones (excluding diaryl/α,β-unsaturated/α-hetero) is 1. The highest BCUT2D eigenvalue weighted by Crippen LogP contribution is 2.32. The fraction of sp³-hybridized carbons (Fsp3) is 0.529. The lowest BCUT2D eigenvalue weighted by Crippen LogP contribution is -2.34. The van der Waals surface area contributed by atoms with Crippen molar-refractivity contribution in [3.05, 3.63) is 30.3 Å². The molecule has 1 aromatic rings. The van der Waals surface area contributed by atoms with Crippen molar-refractivity contribution in [2.75, 3.05) is 5.32 Å². The zero-order valence-electron chi connectivity index (χ0n) is 12.3. The molecule has 0 bridgehead atoms. The van der Waals surface area contributed by atoms with Crippen LogP contribution in [-0.4, -0.2) is 10.8 Å². The van der Waals surface area contributed by atoms with Crippen molar-refractivity contribution in [3.8, 4) is 0 Å². The van der Waals surface area contributed by atoms with E-state index < -0.39 is 0 Å². The molecule has 3 heteroatoms. The highest BCUT2D eigenvalue weighted by Gasteiger charge is 2.31. The number of benzene rings is 1. The molecule has 2 rings (SSSR count). The standard InChI is InChI=1S/C17H23NOS/c1-12(2)10-13-8-9-16(19)15(11-13)17(20)18-14-6-4-3-5-7-14/h3-7,12-13,15H,8-11H2,1-2H3,(H,18,20). The maximum Gasteiger partial charge on any atom is 0.142 e. The Kier molecular flexibility index (Phi) is 5.30. The SMILES string of the molecule is CC(C)CC1CCC(=O)C(C(=S)Nc2ccccc2)C1. The molecule has 0 amide bonds. The molecule has 0 heterocycles. The van der Waals surface area contributed by atoms with E-state index in [1.54, 1.807) is 0 Å². The van der Waals surface area contributed by atoms with Crippen LogP contribution in [0.5, 0.6) is 0 Å². The molecule has 1 aliphatic rings. The lowest BCUT2D eigenvalue weighted by molar-refractivity contribution is -0.123. The number of carbonyl (C=O) groups is 1. The molecule has 1 saturated carbocycles. The summed E-state index contributed by atoms with van der Waals surface area (Å²) in [6.45, 7) is 4.48. The Balaban J connectivity index is 1.98. The van der Waals surface area contributed by atoms with Crippen LogP contribution in [0.3, 0.4) is 0 Å². The molecule has 20 heavy (non-hydrogen) atoms. The molecule has 0 aliphatic heterocycles. The molecule has 0 aromatic heterocycles. The van der Waals surface area contributed by atoms with Crippen LogP contribution in [0, 0.1) is 17.8 Å². The van der Waals surface area contributed by atoms with Gasteiger partial charge in [-0.05, 0) is 43.2 Å². The number of carbonyl (C=O) groups excluding carboxylic acids is 1. The Hall–Kier alpha value is -1.22. The number of anilines is 1. The second-order valence-corrected chi connectivity index (χ2v) is 6.58. The predicted molar refractivity (Wildman–Crippen MR) is 88.0 cm³/mol. The number of hydrogen-bond donors (Lipinski definition) is 1. The van der Waals surface area contributed by atoms with E-state index >= 15 is 0 Å². The number of rotatable bonds is 4. The van der Waals surface area contributed by atoms with Crippen molar-refractivity contribution in [2.24, 2.45) is 17.8 Å². The Morgan fingerprint density at radius 3 is 2.70 bits per heavy atom. The average molecular weight is 289 g/mol. The summed E-state index contributed by atoms with van der Waals surface area (Å²) in [7, 11) is 0. The first-order valence-electron chi connectivity index (χ1n) is 7.45. The molecule has 1 fully saturated rings. The number of nitrogens with one attached hydrogen (secondary N) is 1. The lowest BCUT2D eigenvalue weighted by atomic mass is 9.77. The number of para-hydroxylation sites is 1. The second-order valence-electron chi connectivity index (χ2n) is 6.14. The summed E-state index contributed by atoms with van der Waals surface area (Å²) < 4.78 is 0. The van der Waals surface area contributed by atoms with Gasteiger partial charge < -0.3 is 5.32 Å². The maximum atomic E-state index is 12.1. The van der Waals surface area contributed by atoms with Crippen molar-refractivity contribution in [1.29, 1.82) is 0 Å². The number of hydrogen-bond acceptors (Lipinski definition) is 2. The molecule has 0 saturated heterocycles. The fourth-order valence-corrected chi connectivity index (χ4v) is 3.33. The first kappa shape index (κ1) is 15.2. The zero-order chi connectivity index (χ0) is 14.5. The van der Waals surface area contributed by atoms with E-state index in [1.165, 1.54) is 6.42 Å². The molecule has 0 spiro atoms. The van der Waals surface area contributed by atoms with Gasteiger partial charge in [0.1, 0.15) is 5.78 Å². The summed E-state index contributed by atoms with van der Waals surface area (Å²) in [6.07, 6.45) is 3.81. The third-order valence-corrected chi connectivity index (χ3v) is 4.31. The minimum Gasteiger partial charge on any atom is -0.349 e. The molecular weight excluding hydrogens is 266 g/mol. The van der Waals surface area contributed by atoms with Gasteiger partial charge in [0.15, 0.2) is 0 Å². The van der Waals surface area contributed by atoms with Crippen LogP contribution in [0.1, 0.15) is 39.5 Å². The molecule has 1 aliphatic carbocycles. The average Bonchev–Trinajstić information content (AvgIpc) is 2.41. The Morgan fingerprint density at radius 2 is 2.05 bits per heavy atom. The molecular formula is C17H23NOS. The van der Waals surface area contributed by atoms with Gasteiger partial charge in [0.2, 0.25) is 0 Å². The molecule has 0 radical (unpaired) electrons. The van der Waals surface area contributed by atoms with E-state index in [2.05, 4.69) is 19.2 Å². The van der Waals surface area contributed by atoms with Gasteiger partial charge in [-0.2, -0.15) is 0 Å². The van der Waals surface area contributed by atoms with Crippen LogP contribution in [0.25, 0.3) is 0 Å². The lowest BCUT2D eigenvalue weighted by Gasteiger charge is -2.29. The maximum absolute atomic E-state index is 12.1. The van der Waals surface area contributed by atoms with E-state index in [1.807, 2.05) is 30.3 Å². The minimum atomic E-state index is -0.0947. The Morgan fingerprint density at radius 1 is 1.35 bits per heavy atom. The van der Waals surface area contributed by atoms with E-state index in [4.69, 9.17) is 12.2 Å². The summed E-state index contributed by atoms with van der Waals surface area (Å²) in [5.41, 5.74) is 0.969. The zero-order valence-corrected chi connectivity index (χ0v) is 13.1. The third kappa shape index (κ3) is 4.14. The van der Waals surface area contributed by atoms with E-state index in [0.717, 1.165) is 18.5 Å². The molecule has 2 nitrogen and oxygen atoms in total. The number of ketones is 1. The summed E-state index contributed by atoms with van der Waals surface area (Å²) in [4.78, 5) is 12.8. The summed E-state index contributed by atoms with van der Waals surface area (Å²) in [5.74, 6) is 1.53. The van der Waals surface area contributed by atoms with Crippen molar-refractivity contribution >= 4 is 28.7 Å². The Bertz CT molecular complexity index is 469. The highest BCUT2D eigenvalue weighted by molar-refractivity contribution is 7.80. The van der Waals surface area contributed by atoms with Crippen molar-refractivity contribution in [1.82, 2.24) is 0 Å². The minimum absolute atomic E-state index is 0.0947. The molecule has 108 valence electrons. The van der Waals surface area contributed by atoms with Crippen LogP contribution < -0.4 is 5.32 Å². The Labute approximate surface area is 127 Å². The normalized spacial score (nSPS) is 22.9. The van der Waals surface area contributed by atoms with Crippen molar-refractivity contribution in [3.63, 3.8) is 0 Å². The van der Waals surface area contributed by atoms with Crippen molar-refractivity contribution < 1.29 is 4.79 Å². The van der Waals surface area contributed by atoms with Gasteiger partial charge in [0, 0.05) is 12.1 Å².